The molecule has 228 valence electrons. The average Bonchev–Trinajstić information content (AvgIpc) is 3.39. The third-order valence-electron chi connectivity index (χ3n) is 9.69. The molecule has 0 unspecified atom stereocenters. The molecule has 4 amide bonds. The normalized spacial score (nSPS) is 30.6. The van der Waals surface area contributed by atoms with Gasteiger partial charge < -0.3 is 5.11 Å². The number of hydrogen-bond donors (Lipinski definition) is 1. The van der Waals surface area contributed by atoms with Crippen molar-refractivity contribution in [2.75, 3.05) is 10.4 Å². The number of ketones is 1. The standard InChI is InChI=1S/C34H25BrCl2N2O6/c35-17-38-31(44)33(36)16-24-21(27(34(33,37)32(38)45)22-8-4-5-9-25(22)40)14-15-23-26(24)30(43)39(29(23)42)20-12-10-19(11-13-20)28(41)18-6-2-1-3-7-18/h1-14,23-24,26-27,40H,15-17H2/t23-,24+,26-,27+,33+,34-/m0/s1. The first-order valence-corrected chi connectivity index (χ1v) is 16.3. The molecule has 0 bridgehead atoms. The molecule has 3 aromatic rings. The van der Waals surface area contributed by atoms with Crippen molar-refractivity contribution < 1.29 is 29.1 Å². The Balaban J connectivity index is 1.28. The molecular formula is C34H25BrCl2N2O6. The number of nitrogens with zero attached hydrogens (tertiary/aromatic N) is 2. The predicted octanol–water partition coefficient (Wildman–Crippen LogP) is 5.54. The molecule has 8 nitrogen and oxygen atoms in total. The number of phenolic OH excluding ortho intramolecular Hbond substituents is 1. The second-order valence-electron chi connectivity index (χ2n) is 11.8. The Labute approximate surface area is 276 Å². The van der Waals surface area contributed by atoms with E-state index in [2.05, 4.69) is 15.9 Å². The van der Waals surface area contributed by atoms with Gasteiger partial charge in [0.2, 0.25) is 11.8 Å². The lowest BCUT2D eigenvalue weighted by atomic mass is 9.56. The highest BCUT2D eigenvalue weighted by Crippen LogP contribution is 2.66. The molecule has 6 atom stereocenters. The van der Waals surface area contributed by atoms with E-state index >= 15 is 0 Å². The monoisotopic (exact) mass is 706 g/mol. The zero-order chi connectivity index (χ0) is 31.8. The van der Waals surface area contributed by atoms with Gasteiger partial charge in [-0.25, -0.2) is 0 Å². The maximum absolute atomic E-state index is 14.2. The molecular weight excluding hydrogens is 683 g/mol. The third kappa shape index (κ3) is 4.06. The molecule has 7 rings (SSSR count). The van der Waals surface area contributed by atoms with Crippen LogP contribution in [0.3, 0.4) is 0 Å². The molecule has 3 aromatic carbocycles. The number of amides is 4. The summed E-state index contributed by atoms with van der Waals surface area (Å²) >= 11 is 17.6. The highest BCUT2D eigenvalue weighted by atomic mass is 79.9. The van der Waals surface area contributed by atoms with Gasteiger partial charge in [-0.15, -0.1) is 23.2 Å². The van der Waals surface area contributed by atoms with E-state index in [9.17, 15) is 29.1 Å². The fraction of sp³-hybridized carbons (Fsp3) is 0.265. The Kier molecular flexibility index (Phi) is 7.07. The summed E-state index contributed by atoms with van der Waals surface area (Å²) in [4.78, 5) is 66.7. The van der Waals surface area contributed by atoms with Gasteiger partial charge in [0.1, 0.15) is 5.75 Å². The summed E-state index contributed by atoms with van der Waals surface area (Å²) in [6.45, 7) is 0. The minimum absolute atomic E-state index is 0.134. The Bertz CT molecular complexity index is 1830. The summed E-state index contributed by atoms with van der Waals surface area (Å²) in [6, 6.07) is 21.5. The molecule has 2 heterocycles. The number of phenols is 1. The minimum atomic E-state index is -1.99. The smallest absolute Gasteiger partial charge is 0.254 e. The van der Waals surface area contributed by atoms with E-state index in [-0.39, 0.29) is 29.8 Å². The van der Waals surface area contributed by atoms with Gasteiger partial charge in [0.05, 0.1) is 23.0 Å². The summed E-state index contributed by atoms with van der Waals surface area (Å²) in [7, 11) is 0. The van der Waals surface area contributed by atoms with Gasteiger partial charge in [-0.1, -0.05) is 76.1 Å². The number of fused-ring (bicyclic) bond motifs is 4. The second kappa shape index (κ2) is 10.6. The van der Waals surface area contributed by atoms with E-state index in [1.807, 2.05) is 12.1 Å². The van der Waals surface area contributed by atoms with E-state index < -0.39 is 57.0 Å². The molecule has 11 heteroatoms. The number of para-hydroxylation sites is 1. The lowest BCUT2D eigenvalue weighted by Crippen LogP contribution is -2.60. The zero-order valence-corrected chi connectivity index (χ0v) is 26.6. The van der Waals surface area contributed by atoms with Gasteiger partial charge in [-0.05, 0) is 49.1 Å². The van der Waals surface area contributed by atoms with Gasteiger partial charge in [-0.3, -0.25) is 33.8 Å². The van der Waals surface area contributed by atoms with Crippen LogP contribution in [0.1, 0.15) is 40.2 Å². The average molecular weight is 708 g/mol. The Morgan fingerprint density at radius 3 is 2.16 bits per heavy atom. The summed E-state index contributed by atoms with van der Waals surface area (Å²) in [6.07, 6.45) is 1.85. The molecule has 2 aliphatic heterocycles. The van der Waals surface area contributed by atoms with Crippen LogP contribution in [0.4, 0.5) is 5.69 Å². The molecule has 45 heavy (non-hydrogen) atoms. The molecule has 2 aliphatic carbocycles. The van der Waals surface area contributed by atoms with Crippen molar-refractivity contribution in [2.45, 2.75) is 28.5 Å². The SMILES string of the molecule is O=C(c1ccccc1)c1ccc(N2C(=O)[C@H]3[C@H](CC=C4[C@H]3C[C@@]3(Cl)C(=O)N(CBr)C(=O)[C@@]3(Cl)[C@H]4c3ccccc3O)C2=O)cc1. The molecule has 1 saturated carbocycles. The Hall–Kier alpha value is -3.79. The number of halogens is 3. The van der Waals surface area contributed by atoms with Crippen molar-refractivity contribution >= 4 is 74.2 Å². The Morgan fingerprint density at radius 2 is 1.49 bits per heavy atom. The van der Waals surface area contributed by atoms with Crippen molar-refractivity contribution in [1.82, 2.24) is 4.90 Å². The summed E-state index contributed by atoms with van der Waals surface area (Å²) < 4.78 is 0. The van der Waals surface area contributed by atoms with Crippen molar-refractivity contribution in [1.29, 1.82) is 0 Å². The second-order valence-corrected chi connectivity index (χ2v) is 13.5. The van der Waals surface area contributed by atoms with Crippen molar-refractivity contribution in [3.05, 3.63) is 107 Å². The first-order valence-electron chi connectivity index (χ1n) is 14.4. The van der Waals surface area contributed by atoms with Crippen LogP contribution < -0.4 is 4.90 Å². The molecule has 4 aliphatic rings. The number of allylic oxidation sites excluding steroid dienone is 2. The molecule has 0 radical (unpaired) electrons. The quantitative estimate of drug-likeness (QED) is 0.123. The number of imide groups is 2. The number of likely N-dealkylation sites (tertiary alicyclic amines) is 1. The van der Waals surface area contributed by atoms with E-state index in [0.29, 0.717) is 28.0 Å². The third-order valence-corrected chi connectivity index (χ3v) is 11.6. The number of hydrogen-bond acceptors (Lipinski definition) is 6. The topological polar surface area (TPSA) is 112 Å². The maximum Gasteiger partial charge on any atom is 0.254 e. The fourth-order valence-electron chi connectivity index (χ4n) is 7.60. The van der Waals surface area contributed by atoms with Crippen LogP contribution >= 0.6 is 39.1 Å². The molecule has 2 saturated heterocycles. The van der Waals surface area contributed by atoms with Crippen LogP contribution in [-0.2, 0) is 19.2 Å². The highest BCUT2D eigenvalue weighted by Gasteiger charge is 2.76. The van der Waals surface area contributed by atoms with E-state index in [4.69, 9.17) is 23.2 Å². The van der Waals surface area contributed by atoms with Crippen LogP contribution in [0.2, 0.25) is 0 Å². The lowest BCUT2D eigenvalue weighted by molar-refractivity contribution is -0.138. The van der Waals surface area contributed by atoms with Crippen molar-refractivity contribution in [3.63, 3.8) is 0 Å². The summed E-state index contributed by atoms with van der Waals surface area (Å²) in [5, 5.41) is 11.0. The van der Waals surface area contributed by atoms with Crippen molar-refractivity contribution in [3.8, 4) is 5.75 Å². The fourth-order valence-corrected chi connectivity index (χ4v) is 9.02. The van der Waals surface area contributed by atoms with Gasteiger partial charge in [0, 0.05) is 22.6 Å². The summed E-state index contributed by atoms with van der Waals surface area (Å²) in [5.74, 6) is -5.96. The maximum atomic E-state index is 14.2. The summed E-state index contributed by atoms with van der Waals surface area (Å²) in [5.41, 5.74) is 2.01. The van der Waals surface area contributed by atoms with Gasteiger partial charge in [0.25, 0.3) is 11.8 Å². The van der Waals surface area contributed by atoms with Gasteiger partial charge in [-0.2, -0.15) is 0 Å². The van der Waals surface area contributed by atoms with E-state index in [1.165, 1.54) is 6.07 Å². The molecule has 0 aromatic heterocycles. The number of benzene rings is 3. The van der Waals surface area contributed by atoms with Crippen LogP contribution in [-0.4, -0.2) is 54.6 Å². The number of alkyl halides is 3. The van der Waals surface area contributed by atoms with E-state index in [0.717, 1.165) is 9.80 Å². The van der Waals surface area contributed by atoms with Crippen LogP contribution in [0.15, 0.2) is 90.5 Å². The number of aromatic hydroxyl groups is 1. The number of rotatable bonds is 5. The first-order chi connectivity index (χ1) is 21.5. The number of carbonyl (C=O) groups excluding carboxylic acids is 5. The van der Waals surface area contributed by atoms with Crippen LogP contribution in [0, 0.1) is 17.8 Å². The number of carbonyl (C=O) groups is 5. The van der Waals surface area contributed by atoms with E-state index in [1.54, 1.807) is 66.7 Å². The zero-order valence-electron chi connectivity index (χ0n) is 23.5. The predicted molar refractivity (Wildman–Crippen MR) is 170 cm³/mol. The van der Waals surface area contributed by atoms with Gasteiger partial charge >= 0.3 is 0 Å². The largest absolute Gasteiger partial charge is 0.508 e. The molecule has 1 N–H and O–H groups in total. The highest BCUT2D eigenvalue weighted by molar-refractivity contribution is 9.09. The van der Waals surface area contributed by atoms with Crippen LogP contribution in [0.5, 0.6) is 5.75 Å². The number of anilines is 1. The minimum Gasteiger partial charge on any atom is -0.508 e. The lowest BCUT2D eigenvalue weighted by Gasteiger charge is -2.50. The van der Waals surface area contributed by atoms with Gasteiger partial charge in [0.15, 0.2) is 15.5 Å². The molecule has 0 spiro atoms. The molecule has 3 fully saturated rings. The van der Waals surface area contributed by atoms with Crippen molar-refractivity contribution in [2.24, 2.45) is 17.8 Å². The first kappa shape index (κ1) is 29.9. The Morgan fingerprint density at radius 1 is 0.844 bits per heavy atom. The van der Waals surface area contributed by atoms with Crippen LogP contribution in [0.25, 0.3) is 0 Å².